The van der Waals surface area contributed by atoms with Crippen LogP contribution in [-0.2, 0) is 14.3 Å². The van der Waals surface area contributed by atoms with E-state index in [2.05, 4.69) is 5.32 Å². The normalized spacial score (nSPS) is 14.1. The number of rotatable bonds is 6. The fourth-order valence-corrected chi connectivity index (χ4v) is 2.00. The Morgan fingerprint density at radius 2 is 2.14 bits per heavy atom. The highest BCUT2D eigenvalue weighted by molar-refractivity contribution is 6.17. The quantitative estimate of drug-likeness (QED) is 0.587. The maximum atomic E-state index is 12.0. The van der Waals surface area contributed by atoms with Crippen LogP contribution in [0, 0.1) is 0 Å². The van der Waals surface area contributed by atoms with E-state index in [1.807, 2.05) is 0 Å². The molecule has 2 rings (SSSR count). The molecule has 2 amide bonds. The lowest BCUT2D eigenvalue weighted by Gasteiger charge is -2.13. The molecule has 0 radical (unpaired) electrons. The summed E-state index contributed by atoms with van der Waals surface area (Å²) in [6.45, 7) is 1.63. The summed E-state index contributed by atoms with van der Waals surface area (Å²) in [6.07, 6.45) is 1.16. The van der Waals surface area contributed by atoms with Crippen LogP contribution in [-0.4, -0.2) is 47.5 Å². The van der Waals surface area contributed by atoms with E-state index in [-0.39, 0.29) is 25.5 Å². The van der Waals surface area contributed by atoms with Gasteiger partial charge >= 0.3 is 5.97 Å². The summed E-state index contributed by atoms with van der Waals surface area (Å²) < 4.78 is 4.90. The van der Waals surface area contributed by atoms with Gasteiger partial charge in [-0.2, -0.15) is 0 Å². The molecule has 22 heavy (non-hydrogen) atoms. The third kappa shape index (κ3) is 3.32. The number of hydrogen-bond acceptors (Lipinski definition) is 6. The molecule has 1 heterocycles. The molecular weight excluding hydrogens is 288 g/mol. The first-order valence-electron chi connectivity index (χ1n) is 6.79. The van der Waals surface area contributed by atoms with Gasteiger partial charge in [0, 0.05) is 11.8 Å². The largest absolute Gasteiger partial charge is 0.462 e. The third-order valence-corrected chi connectivity index (χ3v) is 2.99. The molecular formula is C15H16N2O5. The standard InChI is InChI=1S/C15H16N2O5/c1-2-22-15(21)10-4-3-5-11(8-10)16-12-9-13(19)17(6-7-18)14(12)20/h3-5,8-9,16,18H,2,6-7H2,1H3. The first-order valence-corrected chi connectivity index (χ1v) is 6.79. The summed E-state index contributed by atoms with van der Waals surface area (Å²) in [7, 11) is 0. The van der Waals surface area contributed by atoms with Crippen LogP contribution in [0.15, 0.2) is 36.0 Å². The van der Waals surface area contributed by atoms with Crippen LogP contribution >= 0.6 is 0 Å². The number of anilines is 1. The van der Waals surface area contributed by atoms with Crippen molar-refractivity contribution in [2.24, 2.45) is 0 Å². The Morgan fingerprint density at radius 3 is 2.82 bits per heavy atom. The van der Waals surface area contributed by atoms with Gasteiger partial charge in [-0.05, 0) is 25.1 Å². The van der Waals surface area contributed by atoms with Gasteiger partial charge in [0.05, 0.1) is 25.3 Å². The molecule has 7 nitrogen and oxygen atoms in total. The minimum atomic E-state index is -0.513. The van der Waals surface area contributed by atoms with E-state index < -0.39 is 17.8 Å². The van der Waals surface area contributed by atoms with Crippen molar-refractivity contribution in [2.75, 3.05) is 25.1 Å². The predicted molar refractivity (Wildman–Crippen MR) is 77.9 cm³/mol. The van der Waals surface area contributed by atoms with E-state index >= 15 is 0 Å². The Balaban J connectivity index is 2.13. The van der Waals surface area contributed by atoms with Gasteiger partial charge in [-0.3, -0.25) is 14.5 Å². The van der Waals surface area contributed by atoms with E-state index in [1.54, 1.807) is 25.1 Å². The Bertz CT molecular complexity index is 639. The number of β-amino-alcohol motifs (C(OH)–C–C–N with tert-alkyl or cyclic N) is 1. The number of imide groups is 1. The minimum Gasteiger partial charge on any atom is -0.462 e. The molecule has 0 unspecified atom stereocenters. The molecule has 2 N–H and O–H groups in total. The van der Waals surface area contributed by atoms with Crippen molar-refractivity contribution < 1.29 is 24.2 Å². The SMILES string of the molecule is CCOC(=O)c1cccc(NC2=CC(=O)N(CCO)C2=O)c1. The number of hydrogen-bond donors (Lipinski definition) is 2. The molecule has 0 bridgehead atoms. The molecule has 0 atom stereocenters. The number of carbonyl (C=O) groups excluding carboxylic acids is 3. The van der Waals surface area contributed by atoms with Crippen LogP contribution in [0.2, 0.25) is 0 Å². The van der Waals surface area contributed by atoms with Crippen molar-refractivity contribution in [3.63, 3.8) is 0 Å². The van der Waals surface area contributed by atoms with Gasteiger partial charge in [0.1, 0.15) is 5.70 Å². The van der Waals surface area contributed by atoms with E-state index in [9.17, 15) is 14.4 Å². The first-order chi connectivity index (χ1) is 10.6. The smallest absolute Gasteiger partial charge is 0.338 e. The number of esters is 1. The van der Waals surface area contributed by atoms with Crippen LogP contribution in [0.5, 0.6) is 0 Å². The number of nitrogens with zero attached hydrogens (tertiary/aromatic N) is 1. The van der Waals surface area contributed by atoms with Crippen LogP contribution in [0.1, 0.15) is 17.3 Å². The lowest BCUT2D eigenvalue weighted by Crippen LogP contribution is -2.34. The molecule has 116 valence electrons. The number of aliphatic hydroxyl groups is 1. The van der Waals surface area contributed by atoms with Crippen LogP contribution < -0.4 is 5.32 Å². The molecule has 0 spiro atoms. The van der Waals surface area contributed by atoms with Crippen molar-refractivity contribution in [3.05, 3.63) is 41.6 Å². The zero-order valence-corrected chi connectivity index (χ0v) is 12.0. The topological polar surface area (TPSA) is 95.9 Å². The summed E-state index contributed by atoms with van der Waals surface area (Å²) in [6, 6.07) is 6.43. The van der Waals surface area contributed by atoms with Gasteiger partial charge in [0.2, 0.25) is 0 Å². The van der Waals surface area contributed by atoms with Gasteiger partial charge in [0.25, 0.3) is 11.8 Å². The third-order valence-electron chi connectivity index (χ3n) is 2.99. The van der Waals surface area contributed by atoms with E-state index in [0.29, 0.717) is 11.3 Å². The number of benzene rings is 1. The highest BCUT2D eigenvalue weighted by Gasteiger charge is 2.30. The van der Waals surface area contributed by atoms with Crippen molar-refractivity contribution in [1.82, 2.24) is 4.90 Å². The summed E-state index contributed by atoms with van der Waals surface area (Å²) in [5.41, 5.74) is 0.930. The van der Waals surface area contributed by atoms with Crippen LogP contribution in [0.4, 0.5) is 5.69 Å². The average Bonchev–Trinajstić information content (AvgIpc) is 2.76. The molecule has 0 fully saturated rings. The first kappa shape index (κ1) is 15.7. The highest BCUT2D eigenvalue weighted by atomic mass is 16.5. The Morgan fingerprint density at radius 1 is 1.36 bits per heavy atom. The second kappa shape index (κ2) is 6.86. The van der Waals surface area contributed by atoms with Crippen molar-refractivity contribution in [1.29, 1.82) is 0 Å². The molecule has 0 saturated carbocycles. The highest BCUT2D eigenvalue weighted by Crippen LogP contribution is 2.18. The molecule has 1 aromatic carbocycles. The summed E-state index contributed by atoms with van der Waals surface area (Å²) in [4.78, 5) is 36.3. The van der Waals surface area contributed by atoms with Gasteiger partial charge in [0.15, 0.2) is 0 Å². The Hall–Kier alpha value is -2.67. The van der Waals surface area contributed by atoms with E-state index in [0.717, 1.165) is 11.0 Å². The Labute approximate surface area is 127 Å². The summed E-state index contributed by atoms with van der Waals surface area (Å²) in [5, 5.41) is 11.7. The van der Waals surface area contributed by atoms with Gasteiger partial charge in [-0.15, -0.1) is 0 Å². The van der Waals surface area contributed by atoms with Gasteiger partial charge in [-0.25, -0.2) is 4.79 Å². The number of amides is 2. The zero-order chi connectivity index (χ0) is 16.1. The summed E-state index contributed by atoms with van der Waals surface area (Å²) >= 11 is 0. The zero-order valence-electron chi connectivity index (χ0n) is 12.0. The molecule has 1 aliphatic rings. The predicted octanol–water partition coefficient (Wildman–Crippen LogP) is 0.520. The second-order valence-electron chi connectivity index (χ2n) is 4.50. The van der Waals surface area contributed by atoms with Crippen molar-refractivity contribution >= 4 is 23.5 Å². The van der Waals surface area contributed by atoms with Crippen molar-refractivity contribution in [3.8, 4) is 0 Å². The molecule has 0 saturated heterocycles. The molecule has 0 aromatic heterocycles. The number of aliphatic hydroxyl groups excluding tert-OH is 1. The lowest BCUT2D eigenvalue weighted by atomic mass is 10.2. The monoisotopic (exact) mass is 304 g/mol. The maximum absolute atomic E-state index is 12.0. The van der Waals surface area contributed by atoms with Crippen LogP contribution in [0.25, 0.3) is 0 Å². The summed E-state index contributed by atoms with van der Waals surface area (Å²) in [5.74, 6) is -1.46. The molecule has 7 heteroatoms. The van der Waals surface area contributed by atoms with E-state index in [1.165, 1.54) is 6.07 Å². The fourth-order valence-electron chi connectivity index (χ4n) is 2.00. The average molecular weight is 304 g/mol. The van der Waals surface area contributed by atoms with Crippen LogP contribution in [0.3, 0.4) is 0 Å². The number of ether oxygens (including phenoxy) is 1. The maximum Gasteiger partial charge on any atom is 0.338 e. The van der Waals surface area contributed by atoms with E-state index in [4.69, 9.17) is 9.84 Å². The lowest BCUT2D eigenvalue weighted by molar-refractivity contribution is -0.137. The Kier molecular flexibility index (Phi) is 4.90. The second-order valence-corrected chi connectivity index (χ2v) is 4.50. The molecule has 0 aliphatic carbocycles. The van der Waals surface area contributed by atoms with Crippen molar-refractivity contribution in [2.45, 2.75) is 6.92 Å². The van der Waals surface area contributed by atoms with Gasteiger partial charge in [-0.1, -0.05) is 6.07 Å². The fraction of sp³-hybridized carbons (Fsp3) is 0.267. The molecule has 1 aliphatic heterocycles. The number of carbonyl (C=O) groups is 3. The van der Waals surface area contributed by atoms with Gasteiger partial charge < -0.3 is 15.2 Å². The molecule has 1 aromatic rings. The number of nitrogens with one attached hydrogen (secondary N) is 1. The minimum absolute atomic E-state index is 0.0534.